The molecule has 0 spiro atoms. The molecule has 2 heterocycles. The lowest BCUT2D eigenvalue weighted by molar-refractivity contribution is 1.32. The average molecular weight is 642 g/mol. The Labute approximate surface area is 290 Å². The number of benzene rings is 7. The lowest BCUT2D eigenvalue weighted by atomic mass is 9.96. The fourth-order valence-corrected chi connectivity index (χ4v) is 8.17. The molecule has 0 unspecified atom stereocenters. The number of hydrogen-bond acceptors (Lipinski definition) is 2. The zero-order valence-electron chi connectivity index (χ0n) is 26.8. The molecular weight excluding hydrogens is 611 g/mol. The molecule has 2 aromatic heterocycles. The van der Waals surface area contributed by atoms with E-state index in [1.54, 1.807) is 0 Å². The van der Waals surface area contributed by atoms with Gasteiger partial charge in [0.25, 0.3) is 0 Å². The van der Waals surface area contributed by atoms with Crippen molar-refractivity contribution in [1.29, 1.82) is 0 Å². The maximum atomic E-state index is 5.28. The monoisotopic (exact) mass is 641 g/mol. The van der Waals surface area contributed by atoms with Crippen molar-refractivity contribution in [1.82, 2.24) is 4.98 Å². The molecule has 2 heteroatoms. The van der Waals surface area contributed by atoms with Gasteiger partial charge in [-0.05, 0) is 56.6 Å². The van der Waals surface area contributed by atoms with Crippen LogP contribution in [0.5, 0.6) is 0 Å². The zero-order valence-corrected chi connectivity index (χ0v) is 27.6. The topological polar surface area (TPSA) is 12.9 Å². The summed E-state index contributed by atoms with van der Waals surface area (Å²) in [5.41, 5.74) is 13.8. The molecule has 9 aromatic rings. The van der Waals surface area contributed by atoms with E-state index < -0.39 is 0 Å². The lowest BCUT2D eigenvalue weighted by Gasteiger charge is -2.12. The predicted octanol–water partition coefficient (Wildman–Crippen LogP) is 13.5. The van der Waals surface area contributed by atoms with Gasteiger partial charge >= 0.3 is 0 Å². The second-order valence-electron chi connectivity index (χ2n) is 12.3. The highest BCUT2D eigenvalue weighted by atomic mass is 32.1. The number of aromatic nitrogens is 1. The number of fused-ring (bicyclic) bond motifs is 3. The Morgan fingerprint density at radius 1 is 0.286 bits per heavy atom. The number of pyridine rings is 1. The van der Waals surface area contributed by atoms with E-state index >= 15 is 0 Å². The van der Waals surface area contributed by atoms with Crippen molar-refractivity contribution >= 4 is 31.5 Å². The van der Waals surface area contributed by atoms with Crippen LogP contribution in [0.3, 0.4) is 0 Å². The Hall–Kier alpha value is -6.09. The molecule has 0 radical (unpaired) electrons. The molecule has 0 aliphatic carbocycles. The number of rotatable bonds is 6. The van der Waals surface area contributed by atoms with Gasteiger partial charge in [0.1, 0.15) is 0 Å². The molecule has 0 atom stereocenters. The van der Waals surface area contributed by atoms with E-state index in [1.807, 2.05) is 11.3 Å². The van der Waals surface area contributed by atoms with Crippen LogP contribution in [0.4, 0.5) is 0 Å². The van der Waals surface area contributed by atoms with Crippen molar-refractivity contribution in [2.75, 3.05) is 0 Å². The van der Waals surface area contributed by atoms with Gasteiger partial charge in [-0.1, -0.05) is 176 Å². The van der Waals surface area contributed by atoms with Crippen LogP contribution in [0.2, 0.25) is 0 Å². The maximum absolute atomic E-state index is 5.28. The summed E-state index contributed by atoms with van der Waals surface area (Å²) >= 11 is 1.89. The van der Waals surface area contributed by atoms with Gasteiger partial charge in [-0.3, -0.25) is 0 Å². The first-order valence-corrected chi connectivity index (χ1v) is 17.4. The van der Waals surface area contributed by atoms with Gasteiger partial charge in [0.05, 0.1) is 11.4 Å². The van der Waals surface area contributed by atoms with Crippen LogP contribution in [0.25, 0.3) is 87.2 Å². The fraction of sp³-hybridized carbons (Fsp3) is 0. The molecule has 9 rings (SSSR count). The molecular formula is C47H31NS. The molecule has 0 saturated carbocycles. The summed E-state index contributed by atoms with van der Waals surface area (Å²) in [5, 5.41) is 2.58. The van der Waals surface area contributed by atoms with Gasteiger partial charge in [0.2, 0.25) is 0 Å². The van der Waals surface area contributed by atoms with Crippen LogP contribution >= 0.6 is 11.3 Å². The van der Waals surface area contributed by atoms with Crippen molar-refractivity contribution in [3.05, 3.63) is 188 Å². The highest BCUT2D eigenvalue weighted by Gasteiger charge is 2.16. The Kier molecular flexibility index (Phi) is 7.42. The van der Waals surface area contributed by atoms with Crippen LogP contribution in [-0.2, 0) is 0 Å². The summed E-state index contributed by atoms with van der Waals surface area (Å²) in [6, 6.07) is 67.3. The molecule has 0 fully saturated rings. The molecule has 0 aliphatic heterocycles. The second kappa shape index (κ2) is 12.5. The minimum atomic E-state index is 0.960. The van der Waals surface area contributed by atoms with Gasteiger partial charge in [-0.2, -0.15) is 0 Å². The molecule has 0 amide bonds. The Balaban J connectivity index is 1.21. The Bertz CT molecular complexity index is 2450. The zero-order chi connectivity index (χ0) is 32.6. The smallest absolute Gasteiger partial charge is 0.0715 e. The number of thiophene rings is 1. The molecule has 0 saturated heterocycles. The molecule has 7 aromatic carbocycles. The van der Waals surface area contributed by atoms with E-state index in [0.717, 1.165) is 28.1 Å². The third kappa shape index (κ3) is 5.53. The normalized spacial score (nSPS) is 11.3. The number of hydrogen-bond donors (Lipinski definition) is 0. The third-order valence-electron chi connectivity index (χ3n) is 9.32. The maximum Gasteiger partial charge on any atom is 0.0715 e. The number of nitrogens with zero attached hydrogens (tertiary/aromatic N) is 1. The van der Waals surface area contributed by atoms with E-state index in [2.05, 4.69) is 188 Å². The van der Waals surface area contributed by atoms with Crippen LogP contribution in [0, 0.1) is 0 Å². The highest BCUT2D eigenvalue weighted by molar-refractivity contribution is 7.26. The minimum absolute atomic E-state index is 0.960. The summed E-state index contributed by atoms with van der Waals surface area (Å²) in [5.74, 6) is 0. The fourth-order valence-electron chi connectivity index (χ4n) is 6.80. The van der Waals surface area contributed by atoms with Gasteiger partial charge in [0.15, 0.2) is 0 Å². The molecule has 230 valence electrons. The van der Waals surface area contributed by atoms with E-state index in [0.29, 0.717) is 0 Å². The summed E-state index contributed by atoms with van der Waals surface area (Å²) in [7, 11) is 0. The van der Waals surface area contributed by atoms with Gasteiger partial charge in [-0.15, -0.1) is 11.3 Å². The van der Waals surface area contributed by atoms with E-state index in [4.69, 9.17) is 4.98 Å². The van der Waals surface area contributed by atoms with Crippen molar-refractivity contribution in [2.24, 2.45) is 0 Å². The Morgan fingerprint density at radius 3 is 1.10 bits per heavy atom. The third-order valence-corrected chi connectivity index (χ3v) is 10.6. The van der Waals surface area contributed by atoms with Crippen molar-refractivity contribution in [3.63, 3.8) is 0 Å². The van der Waals surface area contributed by atoms with Gasteiger partial charge in [0, 0.05) is 31.3 Å². The van der Waals surface area contributed by atoms with Gasteiger partial charge in [-0.25, -0.2) is 4.98 Å². The SMILES string of the molecule is c1ccc(-c2ccc(-c3cc(-c4cccc5c4sc4c(-c6ccccc6)cccc45)cc(-c4ccc(-c5ccccc5)cc4)n3)cc2)cc1. The quantitative estimate of drug-likeness (QED) is 0.176. The molecule has 0 aliphatic rings. The standard InChI is InChI=1S/C47H31NS/c1-4-12-32(13-5-1)34-22-26-37(27-23-34)44-30-39(31-45(48-44)38-28-24-35(25-29-38)33-14-6-2-7-15-33)41-19-11-21-43-42-20-10-18-40(46(42)49-47(41)43)36-16-8-3-9-17-36/h1-31H. The first kappa shape index (κ1) is 29.1. The predicted molar refractivity (Wildman–Crippen MR) is 210 cm³/mol. The van der Waals surface area contributed by atoms with Crippen molar-refractivity contribution in [2.45, 2.75) is 0 Å². The summed E-state index contributed by atoms with van der Waals surface area (Å²) in [4.78, 5) is 5.28. The summed E-state index contributed by atoms with van der Waals surface area (Å²) in [6.45, 7) is 0. The summed E-state index contributed by atoms with van der Waals surface area (Å²) < 4.78 is 2.61. The van der Waals surface area contributed by atoms with Crippen LogP contribution in [0.1, 0.15) is 0 Å². The first-order valence-electron chi connectivity index (χ1n) is 16.6. The molecule has 1 nitrogen and oxygen atoms in total. The minimum Gasteiger partial charge on any atom is -0.248 e. The summed E-state index contributed by atoms with van der Waals surface area (Å²) in [6.07, 6.45) is 0. The van der Waals surface area contributed by atoms with Crippen LogP contribution in [-0.4, -0.2) is 4.98 Å². The van der Waals surface area contributed by atoms with Crippen LogP contribution < -0.4 is 0 Å². The largest absolute Gasteiger partial charge is 0.248 e. The lowest BCUT2D eigenvalue weighted by Crippen LogP contribution is -1.92. The first-order chi connectivity index (χ1) is 24.3. The van der Waals surface area contributed by atoms with Crippen molar-refractivity contribution < 1.29 is 0 Å². The highest BCUT2D eigenvalue weighted by Crippen LogP contribution is 2.44. The average Bonchev–Trinajstić information content (AvgIpc) is 3.58. The molecule has 0 bridgehead atoms. The second-order valence-corrected chi connectivity index (χ2v) is 13.4. The van der Waals surface area contributed by atoms with E-state index in [-0.39, 0.29) is 0 Å². The van der Waals surface area contributed by atoms with E-state index in [9.17, 15) is 0 Å². The Morgan fingerprint density at radius 2 is 0.653 bits per heavy atom. The van der Waals surface area contributed by atoms with E-state index in [1.165, 1.54) is 59.1 Å². The van der Waals surface area contributed by atoms with Crippen LogP contribution in [0.15, 0.2) is 188 Å². The molecule has 49 heavy (non-hydrogen) atoms. The molecule has 0 N–H and O–H groups in total. The van der Waals surface area contributed by atoms with Crippen molar-refractivity contribution in [3.8, 4) is 67.0 Å². The van der Waals surface area contributed by atoms with Gasteiger partial charge < -0.3 is 0 Å².